The van der Waals surface area contributed by atoms with Crippen LogP contribution in [0.15, 0.2) is 23.1 Å². The third-order valence-corrected chi connectivity index (χ3v) is 4.70. The van der Waals surface area contributed by atoms with Crippen molar-refractivity contribution in [2.75, 3.05) is 10.5 Å². The molecule has 9 heteroatoms. The summed E-state index contributed by atoms with van der Waals surface area (Å²) in [7, 11) is -3.81. The van der Waals surface area contributed by atoms with Crippen LogP contribution >= 0.6 is 22.9 Å². The number of rotatable bonds is 3. The maximum absolute atomic E-state index is 12.1. The standard InChI is InChI=1S/C9H9ClN4O2S2/c1-5-12-13-9(17-5)14-18(15,16)8-4-6(11)2-3-7(8)10/h2-4H,11H2,1H3,(H,13,14). The van der Waals surface area contributed by atoms with E-state index in [0.29, 0.717) is 10.7 Å². The number of hydrogen-bond donors (Lipinski definition) is 2. The number of nitrogens with two attached hydrogens (primary N) is 1. The van der Waals surface area contributed by atoms with Gasteiger partial charge in [-0.25, -0.2) is 8.42 Å². The number of aromatic nitrogens is 2. The highest BCUT2D eigenvalue weighted by molar-refractivity contribution is 7.93. The molecule has 0 atom stereocenters. The molecule has 0 amide bonds. The number of nitrogen functional groups attached to an aromatic ring is 1. The van der Waals surface area contributed by atoms with Crippen molar-refractivity contribution >= 4 is 43.8 Å². The first-order valence-corrected chi connectivity index (χ1v) is 7.44. The maximum atomic E-state index is 12.1. The summed E-state index contributed by atoms with van der Waals surface area (Å²) < 4.78 is 26.4. The summed E-state index contributed by atoms with van der Waals surface area (Å²) in [5, 5.41) is 8.34. The highest BCUT2D eigenvalue weighted by atomic mass is 35.5. The fourth-order valence-corrected chi connectivity index (χ4v) is 3.59. The van der Waals surface area contributed by atoms with Gasteiger partial charge in [0.1, 0.15) is 9.90 Å². The lowest BCUT2D eigenvalue weighted by atomic mass is 10.3. The van der Waals surface area contributed by atoms with Crippen LogP contribution in [0.3, 0.4) is 0 Å². The van der Waals surface area contributed by atoms with Gasteiger partial charge in [-0.05, 0) is 25.1 Å². The van der Waals surface area contributed by atoms with Crippen LogP contribution in [0.5, 0.6) is 0 Å². The van der Waals surface area contributed by atoms with Crippen molar-refractivity contribution in [3.63, 3.8) is 0 Å². The Labute approximate surface area is 113 Å². The summed E-state index contributed by atoms with van der Waals surface area (Å²) in [5.41, 5.74) is 5.86. The minimum atomic E-state index is -3.81. The molecule has 0 spiro atoms. The number of anilines is 2. The van der Waals surface area contributed by atoms with Crippen molar-refractivity contribution in [2.24, 2.45) is 0 Å². The Kier molecular flexibility index (Phi) is 3.42. The summed E-state index contributed by atoms with van der Waals surface area (Å²) in [6, 6.07) is 4.24. The molecule has 0 saturated heterocycles. The Morgan fingerprint density at radius 1 is 1.39 bits per heavy atom. The zero-order valence-corrected chi connectivity index (χ0v) is 11.6. The minimum Gasteiger partial charge on any atom is -0.399 e. The monoisotopic (exact) mass is 304 g/mol. The van der Waals surface area contributed by atoms with Crippen LogP contribution < -0.4 is 10.5 Å². The van der Waals surface area contributed by atoms with Crippen molar-refractivity contribution < 1.29 is 8.42 Å². The van der Waals surface area contributed by atoms with Crippen LogP contribution in [0.25, 0.3) is 0 Å². The SMILES string of the molecule is Cc1nnc(NS(=O)(=O)c2cc(N)ccc2Cl)s1. The minimum absolute atomic E-state index is 0.0861. The van der Waals surface area contributed by atoms with Crippen LogP contribution in [0.1, 0.15) is 5.01 Å². The van der Waals surface area contributed by atoms with Gasteiger partial charge in [0.25, 0.3) is 10.0 Å². The van der Waals surface area contributed by atoms with E-state index in [1.54, 1.807) is 6.92 Å². The summed E-state index contributed by atoms with van der Waals surface area (Å²) in [6.45, 7) is 1.73. The third-order valence-electron chi connectivity index (χ3n) is 1.99. The van der Waals surface area contributed by atoms with Gasteiger partial charge in [0.05, 0.1) is 5.02 Å². The fourth-order valence-electron chi connectivity index (χ4n) is 1.23. The van der Waals surface area contributed by atoms with Gasteiger partial charge in [-0.3, -0.25) is 4.72 Å². The number of halogens is 1. The maximum Gasteiger partial charge on any atom is 0.265 e. The van der Waals surface area contributed by atoms with Crippen LogP contribution in [0, 0.1) is 6.92 Å². The number of hydrogen-bond acceptors (Lipinski definition) is 6. The van der Waals surface area contributed by atoms with Crippen LogP contribution in [-0.2, 0) is 10.0 Å². The van der Waals surface area contributed by atoms with E-state index in [2.05, 4.69) is 14.9 Å². The average molecular weight is 305 g/mol. The average Bonchev–Trinajstić information content (AvgIpc) is 2.66. The first-order valence-electron chi connectivity index (χ1n) is 4.76. The van der Waals surface area contributed by atoms with E-state index in [1.807, 2.05) is 0 Å². The van der Waals surface area contributed by atoms with E-state index < -0.39 is 10.0 Å². The molecule has 1 heterocycles. The van der Waals surface area contributed by atoms with Gasteiger partial charge in [0.2, 0.25) is 5.13 Å². The molecular formula is C9H9ClN4O2S2. The van der Waals surface area contributed by atoms with Crippen molar-refractivity contribution in [3.8, 4) is 0 Å². The van der Waals surface area contributed by atoms with Crippen molar-refractivity contribution in [3.05, 3.63) is 28.2 Å². The summed E-state index contributed by atoms with van der Waals surface area (Å²) in [4.78, 5) is -0.0861. The first kappa shape index (κ1) is 13.1. The molecule has 2 rings (SSSR count). The fraction of sp³-hybridized carbons (Fsp3) is 0.111. The zero-order chi connectivity index (χ0) is 13.3. The molecule has 0 saturated carbocycles. The smallest absolute Gasteiger partial charge is 0.265 e. The molecular weight excluding hydrogens is 296 g/mol. The second kappa shape index (κ2) is 4.71. The van der Waals surface area contributed by atoms with Gasteiger partial charge < -0.3 is 5.73 Å². The molecule has 0 fully saturated rings. The lowest BCUT2D eigenvalue weighted by Crippen LogP contribution is -2.13. The van der Waals surface area contributed by atoms with Crippen molar-refractivity contribution in [1.82, 2.24) is 10.2 Å². The Hall–Kier alpha value is -1.38. The molecule has 1 aromatic carbocycles. The Morgan fingerprint density at radius 2 is 2.11 bits per heavy atom. The van der Waals surface area contributed by atoms with Crippen LogP contribution in [0.4, 0.5) is 10.8 Å². The van der Waals surface area contributed by atoms with E-state index in [0.717, 1.165) is 11.3 Å². The summed E-state index contributed by atoms with van der Waals surface area (Å²) in [5.74, 6) is 0. The van der Waals surface area contributed by atoms with E-state index in [9.17, 15) is 8.42 Å². The Balaban J connectivity index is 2.39. The number of benzene rings is 1. The normalized spacial score (nSPS) is 11.4. The van der Waals surface area contributed by atoms with Crippen molar-refractivity contribution in [2.45, 2.75) is 11.8 Å². The van der Waals surface area contributed by atoms with Gasteiger partial charge in [0.15, 0.2) is 0 Å². The van der Waals surface area contributed by atoms with Gasteiger partial charge >= 0.3 is 0 Å². The molecule has 2 aromatic rings. The molecule has 1 aromatic heterocycles. The lowest BCUT2D eigenvalue weighted by Gasteiger charge is -2.07. The van der Waals surface area contributed by atoms with Gasteiger partial charge in [0, 0.05) is 5.69 Å². The number of nitrogens with zero attached hydrogens (tertiary/aromatic N) is 2. The lowest BCUT2D eigenvalue weighted by molar-refractivity contribution is 0.601. The van der Waals surface area contributed by atoms with E-state index >= 15 is 0 Å². The largest absolute Gasteiger partial charge is 0.399 e. The topological polar surface area (TPSA) is 98.0 Å². The molecule has 0 radical (unpaired) electrons. The van der Waals surface area contributed by atoms with Gasteiger partial charge in [-0.1, -0.05) is 22.9 Å². The van der Waals surface area contributed by atoms with Gasteiger partial charge in [-0.2, -0.15) is 0 Å². The summed E-state index contributed by atoms with van der Waals surface area (Å²) >= 11 is 6.98. The molecule has 6 nitrogen and oxygen atoms in total. The Morgan fingerprint density at radius 3 is 2.72 bits per heavy atom. The van der Waals surface area contributed by atoms with Crippen LogP contribution in [0.2, 0.25) is 5.02 Å². The zero-order valence-electron chi connectivity index (χ0n) is 9.21. The Bertz CT molecular complexity index is 684. The van der Waals surface area contributed by atoms with Crippen LogP contribution in [-0.4, -0.2) is 18.6 Å². The number of aryl methyl sites for hydroxylation is 1. The van der Waals surface area contributed by atoms with E-state index in [1.165, 1.54) is 18.2 Å². The number of sulfonamides is 1. The highest BCUT2D eigenvalue weighted by Crippen LogP contribution is 2.26. The second-order valence-electron chi connectivity index (χ2n) is 3.42. The first-order chi connectivity index (χ1) is 8.38. The predicted molar refractivity (Wildman–Crippen MR) is 71.3 cm³/mol. The predicted octanol–water partition coefficient (Wildman–Crippen LogP) is 1.88. The van der Waals surface area contributed by atoms with E-state index in [4.69, 9.17) is 17.3 Å². The molecule has 0 aliphatic carbocycles. The summed E-state index contributed by atoms with van der Waals surface area (Å²) in [6.07, 6.45) is 0. The van der Waals surface area contributed by atoms with Crippen molar-refractivity contribution in [1.29, 1.82) is 0 Å². The molecule has 0 aliphatic heterocycles. The molecule has 0 aliphatic rings. The highest BCUT2D eigenvalue weighted by Gasteiger charge is 2.20. The molecule has 0 unspecified atom stereocenters. The van der Waals surface area contributed by atoms with E-state index in [-0.39, 0.29) is 15.0 Å². The quantitative estimate of drug-likeness (QED) is 0.844. The molecule has 0 bridgehead atoms. The third kappa shape index (κ3) is 2.71. The molecule has 96 valence electrons. The molecule has 3 N–H and O–H groups in total. The molecule has 18 heavy (non-hydrogen) atoms. The number of nitrogens with one attached hydrogen (secondary N) is 1. The van der Waals surface area contributed by atoms with Gasteiger partial charge in [-0.15, -0.1) is 10.2 Å². The second-order valence-corrected chi connectivity index (χ2v) is 6.66.